The van der Waals surface area contributed by atoms with Crippen LogP contribution in [0.2, 0.25) is 20.6 Å². The van der Waals surface area contributed by atoms with Crippen molar-refractivity contribution in [1.82, 2.24) is 61.2 Å². The number of ether oxygens (including phenoxy) is 3. The van der Waals surface area contributed by atoms with Gasteiger partial charge in [-0.05, 0) is 67.8 Å². The van der Waals surface area contributed by atoms with Crippen LogP contribution in [-0.2, 0) is 137 Å². The second kappa shape index (κ2) is 54.3. The van der Waals surface area contributed by atoms with Gasteiger partial charge in [-0.3, -0.25) is 0 Å². The van der Waals surface area contributed by atoms with Crippen molar-refractivity contribution in [2.24, 2.45) is 0 Å². The van der Waals surface area contributed by atoms with E-state index in [0.717, 1.165) is 139 Å². The molecule has 20 nitrogen and oxygen atoms in total. The zero-order chi connectivity index (χ0) is 61.2. The molecule has 91 heavy (non-hydrogen) atoms. The van der Waals surface area contributed by atoms with E-state index in [1.54, 1.807) is 49.2 Å². The molecule has 33 heteroatoms. The van der Waals surface area contributed by atoms with Crippen molar-refractivity contribution in [3.8, 4) is 33.5 Å². The van der Waals surface area contributed by atoms with E-state index in [4.69, 9.17) is 70.2 Å². The predicted molar refractivity (Wildman–Crippen MR) is 351 cm³/mol. The van der Waals surface area contributed by atoms with E-state index < -0.39 is 0 Å². The van der Waals surface area contributed by atoms with Gasteiger partial charge in [0.05, 0.1) is 75.8 Å². The fourth-order valence-electron chi connectivity index (χ4n) is 7.81. The number of anilines is 3. The maximum Gasteiger partial charge on any atom is 0.153 e. The molecule has 0 unspecified atom stereocenters. The van der Waals surface area contributed by atoms with Gasteiger partial charge in [0, 0.05) is 271 Å². The van der Waals surface area contributed by atoms with Crippen molar-refractivity contribution in [2.45, 2.75) is 28.2 Å². The average molecular weight is 1760 g/mol. The molecular formula is C58H60Ar2Br2Cl4N17O3S2Y3-3. The molecule has 0 bridgehead atoms. The van der Waals surface area contributed by atoms with Crippen LogP contribution < -0.4 is 14.7 Å². The summed E-state index contributed by atoms with van der Waals surface area (Å²) >= 11 is 35.4. The Kier molecular flexibility index (Phi) is 55.2. The Hall–Kier alpha value is -0.589. The Morgan fingerprint density at radius 3 is 1.13 bits per heavy atom. The SMILES string of the molecule is C.Cc1cc[c-]cc1-c1cc(N2CCOCC2)cnn1.Cc1cc[c-]cc1-c1cnnc(Cl)c1.Cc1cc[c-]cc1-c1cnnc(N2CCOCC2)c1.Clc1cc(Br)cnn1.Clc1cc(Br)cnn1.Clc1cc(N2CCOCC2)cnn1.N=S.N=S.[Ar].[Ar].[Y].[Y].[Y]. The van der Waals surface area contributed by atoms with Crippen molar-refractivity contribution >= 4 is 120 Å². The molecule has 0 spiro atoms. The predicted octanol–water partition coefficient (Wildman–Crippen LogP) is 13.1. The molecule has 9 heterocycles. The number of morpholine rings is 3. The molecule has 3 aliphatic rings. The molecular weight excluding hydrogens is 1700 g/mol. The molecule has 3 radical (unpaired) electrons. The molecule has 477 valence electrons. The van der Waals surface area contributed by atoms with Gasteiger partial charge in [-0.25, -0.2) is 9.56 Å². The summed E-state index contributed by atoms with van der Waals surface area (Å²) in [6.45, 7) is 16.1. The summed E-state index contributed by atoms with van der Waals surface area (Å²) in [6.07, 6.45) is 10.2. The molecule has 0 atom stereocenters. The van der Waals surface area contributed by atoms with Crippen LogP contribution >= 0.6 is 78.3 Å². The first-order chi connectivity index (χ1) is 41.4. The molecule has 3 aliphatic heterocycles. The van der Waals surface area contributed by atoms with E-state index >= 15 is 0 Å². The number of aromatic nitrogens is 12. The summed E-state index contributed by atoms with van der Waals surface area (Å²) < 4.78 is 28.3. The summed E-state index contributed by atoms with van der Waals surface area (Å²) in [5, 5.41) is 47.5. The Morgan fingerprint density at radius 2 is 0.758 bits per heavy atom. The summed E-state index contributed by atoms with van der Waals surface area (Å²) in [5.41, 5.74) is 12.0. The van der Waals surface area contributed by atoms with E-state index in [9.17, 15) is 0 Å². The van der Waals surface area contributed by atoms with Crippen LogP contribution in [0, 0.1) is 124 Å². The quantitative estimate of drug-likeness (QED) is 0.147. The minimum Gasteiger partial charge on any atom is -0.378 e. The number of rotatable bonds is 6. The maximum absolute atomic E-state index is 5.76. The fraction of sp³-hybridized carbons (Fsp3) is 0.276. The van der Waals surface area contributed by atoms with Crippen molar-refractivity contribution in [3.63, 3.8) is 0 Å². The number of halogens is 6. The van der Waals surface area contributed by atoms with Gasteiger partial charge in [-0.15, -0.1) is 42.2 Å². The van der Waals surface area contributed by atoms with Gasteiger partial charge in [0.15, 0.2) is 26.4 Å². The fourth-order valence-corrected chi connectivity index (χ4v) is 9.33. The second-order valence-corrected chi connectivity index (χ2v) is 20.9. The Morgan fingerprint density at radius 1 is 0.429 bits per heavy atom. The van der Waals surface area contributed by atoms with Crippen LogP contribution in [0.25, 0.3) is 33.5 Å². The van der Waals surface area contributed by atoms with E-state index in [1.807, 2.05) is 67.7 Å². The molecule has 3 fully saturated rings. The van der Waals surface area contributed by atoms with Gasteiger partial charge in [-0.2, -0.15) is 125 Å². The standard InChI is InChI=1S/2C15H16N3O.C11H8ClN2.C8H10ClN3O.2C4H2BrClN2.CH4.2Ar.2HNS.3Y/c1-12-4-2-3-5-14(12)15-10-13(11-16-17-15)18-6-8-19-9-7-18;1-12-4-2-3-5-14(12)13-10-15(17-16-11-13)18-6-8-19-9-7-18;1-8-4-2-3-5-10(8)9-6-11(12)14-13-7-9;9-8-5-7(6-10-11-8)12-1-3-13-4-2-12;2*5-3-1-4(6)8-7-2-3;;;;2*1-2;;;/h2*2,4-5,10-11H,6-9H2,1H3;2,4-7H,1H3;5-6H,1-4H2;2*1-2H;1H4;;;2*1H;;;/q3*-1;;;;;;;;;;;. The Labute approximate surface area is 715 Å². The monoisotopic (exact) mass is 1750 g/mol. The average Bonchev–Trinajstić information content (AvgIpc) is 3.05. The number of benzene rings is 3. The van der Waals surface area contributed by atoms with Gasteiger partial charge in [-0.1, -0.05) is 80.2 Å². The summed E-state index contributed by atoms with van der Waals surface area (Å²) in [6, 6.07) is 38.1. The normalized spacial score (nSPS) is 12.3. The van der Waals surface area contributed by atoms with Crippen LogP contribution in [-0.4, -0.2) is 140 Å². The molecule has 0 saturated carbocycles. The van der Waals surface area contributed by atoms with E-state index in [-0.39, 0.29) is 181 Å². The molecule has 0 amide bonds. The number of nitrogens with zero attached hydrogens (tertiary/aromatic N) is 15. The zero-order valence-electron chi connectivity index (χ0n) is 48.6. The van der Waals surface area contributed by atoms with Crippen molar-refractivity contribution in [3.05, 3.63) is 193 Å². The largest absolute Gasteiger partial charge is 0.378 e. The first-order valence-corrected chi connectivity index (χ1v) is 29.5. The third-order valence-electron chi connectivity index (χ3n) is 11.9. The topological polar surface area (TPSA) is 240 Å². The minimum atomic E-state index is 0. The molecule has 2 N–H and O–H groups in total. The van der Waals surface area contributed by atoms with Crippen LogP contribution in [0.5, 0.6) is 0 Å². The van der Waals surface area contributed by atoms with E-state index in [1.165, 1.54) is 16.7 Å². The van der Waals surface area contributed by atoms with Gasteiger partial charge in [0.2, 0.25) is 0 Å². The first kappa shape index (κ1) is 92.5. The number of nitrogens with one attached hydrogen (secondary N) is 2. The minimum absolute atomic E-state index is 0. The molecule has 6 aromatic heterocycles. The molecule has 3 saturated heterocycles. The molecule has 0 aliphatic carbocycles. The van der Waals surface area contributed by atoms with Crippen molar-refractivity contribution < 1.29 is 188 Å². The zero-order valence-corrected chi connectivity index (χ0v) is 66.3. The smallest absolute Gasteiger partial charge is 0.153 e. The van der Waals surface area contributed by atoms with Crippen LogP contribution in [0.3, 0.4) is 0 Å². The van der Waals surface area contributed by atoms with Gasteiger partial charge < -0.3 is 28.9 Å². The number of hydrogen-bond donors (Lipinski definition) is 2. The molecule has 9 aromatic rings. The Balaban J connectivity index is 0. The van der Waals surface area contributed by atoms with Gasteiger partial charge >= 0.3 is 0 Å². The first-order valence-electron chi connectivity index (χ1n) is 25.6. The summed E-state index contributed by atoms with van der Waals surface area (Å²) in [7, 11) is 0. The van der Waals surface area contributed by atoms with E-state index in [2.05, 4.69) is 183 Å². The van der Waals surface area contributed by atoms with Crippen molar-refractivity contribution in [1.29, 1.82) is 9.56 Å². The maximum atomic E-state index is 5.76. The third kappa shape index (κ3) is 34.7. The summed E-state index contributed by atoms with van der Waals surface area (Å²) in [5.74, 6) is 0.920. The number of aryl methyl sites for hydroxylation is 3. The summed E-state index contributed by atoms with van der Waals surface area (Å²) in [4.78, 5) is 6.68. The Bertz CT molecular complexity index is 3270. The molecule has 12 rings (SSSR count). The van der Waals surface area contributed by atoms with Crippen LogP contribution in [0.4, 0.5) is 17.2 Å². The van der Waals surface area contributed by atoms with Crippen molar-refractivity contribution in [2.75, 3.05) is 93.6 Å². The van der Waals surface area contributed by atoms with Gasteiger partial charge in [0.25, 0.3) is 0 Å². The van der Waals surface area contributed by atoms with Crippen LogP contribution in [0.15, 0.2) is 137 Å². The molecule has 3 aromatic carbocycles. The van der Waals surface area contributed by atoms with Crippen LogP contribution in [0.1, 0.15) is 24.1 Å². The second-order valence-electron chi connectivity index (χ2n) is 17.5. The third-order valence-corrected chi connectivity index (χ3v) is 13.5. The number of hydrogen-bond acceptors (Lipinski definition) is 22. The van der Waals surface area contributed by atoms with Gasteiger partial charge in [0.1, 0.15) is 0 Å². The van der Waals surface area contributed by atoms with E-state index in [0.29, 0.717) is 20.6 Å².